The number of amides is 2. The van der Waals surface area contributed by atoms with Gasteiger partial charge in [-0.15, -0.1) is 0 Å². The van der Waals surface area contributed by atoms with Crippen LogP contribution in [0.25, 0.3) is 0 Å². The van der Waals surface area contributed by atoms with Gasteiger partial charge in [-0.2, -0.15) is 0 Å². The average Bonchev–Trinajstić information content (AvgIpc) is 2.66. The summed E-state index contributed by atoms with van der Waals surface area (Å²) in [6.45, 7) is 5.71. The smallest absolute Gasteiger partial charge is 0.264 e. The van der Waals surface area contributed by atoms with Gasteiger partial charge in [0.2, 0.25) is 5.91 Å². The quantitative estimate of drug-likeness (QED) is 0.557. The molecule has 3 N–H and O–H groups in total. The normalized spacial score (nSPS) is 10.9. The molecule has 0 aromatic heterocycles. The first-order valence-electron chi connectivity index (χ1n) is 9.05. The molecule has 0 radical (unpaired) electrons. The van der Waals surface area contributed by atoms with Crippen LogP contribution in [0.15, 0.2) is 53.4 Å². The van der Waals surface area contributed by atoms with Gasteiger partial charge >= 0.3 is 0 Å². The first-order chi connectivity index (χ1) is 14.1. The lowest BCUT2D eigenvalue weighted by Crippen LogP contribution is -2.34. The fourth-order valence-electron chi connectivity index (χ4n) is 2.29. The van der Waals surface area contributed by atoms with Gasteiger partial charge in [-0.1, -0.05) is 19.9 Å². The van der Waals surface area contributed by atoms with E-state index in [-0.39, 0.29) is 10.0 Å². The number of carbonyl (C=O) groups excluding carboxylic acids is 2. The molecule has 0 unspecified atom stereocenters. The molecular weight excluding hydrogens is 426 g/mol. The van der Waals surface area contributed by atoms with Crippen LogP contribution in [0.2, 0.25) is 0 Å². The Labute approximate surface area is 181 Å². The largest absolute Gasteiger partial charge is 0.493 e. The molecule has 0 saturated heterocycles. The van der Waals surface area contributed by atoms with Crippen molar-refractivity contribution in [3.05, 3.63) is 54.1 Å². The van der Waals surface area contributed by atoms with Crippen molar-refractivity contribution >= 4 is 44.9 Å². The summed E-state index contributed by atoms with van der Waals surface area (Å²) in [6.07, 6.45) is 0. The maximum atomic E-state index is 12.4. The van der Waals surface area contributed by atoms with Crippen LogP contribution in [-0.4, -0.2) is 32.0 Å². The molecular formula is C20H23N3O5S2. The van der Waals surface area contributed by atoms with Crippen molar-refractivity contribution in [1.29, 1.82) is 0 Å². The molecule has 0 aliphatic heterocycles. The highest BCUT2D eigenvalue weighted by molar-refractivity contribution is 7.90. The molecule has 2 amide bonds. The van der Waals surface area contributed by atoms with Crippen molar-refractivity contribution in [3.8, 4) is 5.75 Å². The van der Waals surface area contributed by atoms with Crippen molar-refractivity contribution in [2.75, 3.05) is 11.9 Å². The van der Waals surface area contributed by atoms with Gasteiger partial charge in [0.15, 0.2) is 5.11 Å². The zero-order valence-corrected chi connectivity index (χ0v) is 18.4. The Morgan fingerprint density at radius 3 is 2.37 bits per heavy atom. The van der Waals surface area contributed by atoms with Gasteiger partial charge < -0.3 is 10.1 Å². The summed E-state index contributed by atoms with van der Waals surface area (Å²) in [6, 6.07) is 12.3. The first kappa shape index (κ1) is 23.3. The second-order valence-electron chi connectivity index (χ2n) is 6.83. The molecule has 0 fully saturated rings. The molecule has 10 heteroatoms. The average molecular weight is 450 g/mol. The van der Waals surface area contributed by atoms with Crippen molar-refractivity contribution in [2.45, 2.75) is 25.7 Å². The minimum atomic E-state index is -3.92. The molecule has 30 heavy (non-hydrogen) atoms. The highest BCUT2D eigenvalue weighted by Crippen LogP contribution is 2.16. The molecule has 0 aliphatic rings. The number of thiocarbonyl (C=S) groups is 1. The van der Waals surface area contributed by atoms with Gasteiger partial charge in [-0.25, -0.2) is 13.1 Å². The second-order valence-corrected chi connectivity index (χ2v) is 8.92. The number of rotatable bonds is 7. The highest BCUT2D eigenvalue weighted by atomic mass is 32.2. The van der Waals surface area contributed by atoms with Gasteiger partial charge in [0.05, 0.1) is 11.5 Å². The second kappa shape index (κ2) is 10.2. The van der Waals surface area contributed by atoms with E-state index in [0.29, 0.717) is 29.5 Å². The number of anilines is 1. The van der Waals surface area contributed by atoms with Crippen molar-refractivity contribution in [1.82, 2.24) is 10.0 Å². The number of ether oxygens (including phenoxy) is 1. The number of nitrogens with one attached hydrogen (secondary N) is 3. The lowest BCUT2D eigenvalue weighted by molar-refractivity contribution is -0.117. The fraction of sp³-hybridized carbons (Fsp3) is 0.250. The zero-order valence-electron chi connectivity index (χ0n) is 16.8. The summed E-state index contributed by atoms with van der Waals surface area (Å²) >= 11 is 5.14. The van der Waals surface area contributed by atoms with Crippen molar-refractivity contribution < 1.29 is 22.7 Å². The number of hydrogen-bond acceptors (Lipinski definition) is 6. The van der Waals surface area contributed by atoms with E-state index < -0.39 is 21.8 Å². The maximum absolute atomic E-state index is 12.4. The molecule has 0 saturated carbocycles. The number of hydrogen-bond donors (Lipinski definition) is 3. The van der Waals surface area contributed by atoms with E-state index >= 15 is 0 Å². The summed E-state index contributed by atoms with van der Waals surface area (Å²) in [4.78, 5) is 23.3. The Balaban J connectivity index is 1.98. The molecule has 2 aromatic carbocycles. The summed E-state index contributed by atoms with van der Waals surface area (Å²) in [5.41, 5.74) is 0.855. The third kappa shape index (κ3) is 7.12. The van der Waals surface area contributed by atoms with Crippen LogP contribution in [0.3, 0.4) is 0 Å². The van der Waals surface area contributed by atoms with Gasteiger partial charge in [0.1, 0.15) is 5.75 Å². The zero-order chi connectivity index (χ0) is 22.3. The van der Waals surface area contributed by atoms with Crippen LogP contribution >= 0.6 is 12.2 Å². The van der Waals surface area contributed by atoms with Crippen LogP contribution in [-0.2, 0) is 14.8 Å². The van der Waals surface area contributed by atoms with Gasteiger partial charge in [0.25, 0.3) is 15.9 Å². The van der Waals surface area contributed by atoms with E-state index in [1.807, 2.05) is 18.6 Å². The van der Waals surface area contributed by atoms with Crippen LogP contribution in [0, 0.1) is 5.92 Å². The van der Waals surface area contributed by atoms with Crippen LogP contribution in [0.1, 0.15) is 31.1 Å². The standard InChI is InChI=1S/C20H23N3O5S2/c1-13(2)12-28-17-6-4-5-15(11-17)19(25)22-20(29)21-16-7-9-18(10-8-16)30(26,27)23-14(3)24/h4-11,13H,12H2,1-3H3,(H,23,24)(H2,21,22,25,29). The number of carbonyl (C=O) groups is 2. The summed E-state index contributed by atoms with van der Waals surface area (Å²) in [5.74, 6) is -0.141. The third-order valence-electron chi connectivity index (χ3n) is 3.61. The van der Waals surface area contributed by atoms with E-state index in [4.69, 9.17) is 17.0 Å². The van der Waals surface area contributed by atoms with Gasteiger partial charge in [0, 0.05) is 18.2 Å². The molecule has 0 spiro atoms. The first-order valence-corrected chi connectivity index (χ1v) is 10.9. The Morgan fingerprint density at radius 1 is 1.10 bits per heavy atom. The molecule has 160 valence electrons. The molecule has 0 aliphatic carbocycles. The fourth-order valence-corrected chi connectivity index (χ4v) is 3.49. The summed E-state index contributed by atoms with van der Waals surface area (Å²) in [5, 5.41) is 5.41. The minimum absolute atomic E-state index is 0.0472. The van der Waals surface area contributed by atoms with E-state index in [2.05, 4.69) is 10.6 Å². The Hall–Kier alpha value is -2.98. The molecule has 0 bridgehead atoms. The maximum Gasteiger partial charge on any atom is 0.264 e. The topological polar surface area (TPSA) is 114 Å². The third-order valence-corrected chi connectivity index (χ3v) is 5.26. The Kier molecular flexibility index (Phi) is 7.90. The number of sulfonamides is 1. The Morgan fingerprint density at radius 2 is 1.77 bits per heavy atom. The molecule has 2 rings (SSSR count). The van der Waals surface area contributed by atoms with Crippen molar-refractivity contribution in [3.63, 3.8) is 0 Å². The predicted octanol–water partition coefficient (Wildman–Crippen LogP) is 2.67. The molecule has 0 atom stereocenters. The van der Waals surface area contributed by atoms with Gasteiger partial charge in [-0.3, -0.25) is 14.9 Å². The van der Waals surface area contributed by atoms with E-state index in [1.54, 1.807) is 24.3 Å². The monoisotopic (exact) mass is 449 g/mol. The van der Waals surface area contributed by atoms with E-state index in [9.17, 15) is 18.0 Å². The van der Waals surface area contributed by atoms with Crippen LogP contribution in [0.5, 0.6) is 5.75 Å². The molecule has 2 aromatic rings. The Bertz CT molecular complexity index is 1030. The van der Waals surface area contributed by atoms with E-state index in [1.165, 1.54) is 24.3 Å². The van der Waals surface area contributed by atoms with Gasteiger partial charge in [-0.05, 0) is 60.6 Å². The minimum Gasteiger partial charge on any atom is -0.493 e. The summed E-state index contributed by atoms with van der Waals surface area (Å²) in [7, 11) is -3.92. The molecule has 8 nitrogen and oxygen atoms in total. The van der Waals surface area contributed by atoms with E-state index in [0.717, 1.165) is 6.92 Å². The highest BCUT2D eigenvalue weighted by Gasteiger charge is 2.15. The molecule has 0 heterocycles. The predicted molar refractivity (Wildman–Crippen MR) is 118 cm³/mol. The summed E-state index contributed by atoms with van der Waals surface area (Å²) < 4.78 is 31.4. The lowest BCUT2D eigenvalue weighted by Gasteiger charge is -2.12. The SMILES string of the molecule is CC(=O)NS(=O)(=O)c1ccc(NC(=S)NC(=O)c2cccc(OCC(C)C)c2)cc1. The van der Waals surface area contributed by atoms with Crippen LogP contribution in [0.4, 0.5) is 5.69 Å². The lowest BCUT2D eigenvalue weighted by atomic mass is 10.2. The number of benzene rings is 2. The van der Waals surface area contributed by atoms with Crippen LogP contribution < -0.4 is 20.1 Å². The van der Waals surface area contributed by atoms with Crippen molar-refractivity contribution in [2.24, 2.45) is 5.92 Å².